The molecule has 3 heteroatoms. The van der Waals surface area contributed by atoms with Gasteiger partial charge in [0.25, 0.3) is 0 Å². The van der Waals surface area contributed by atoms with Gasteiger partial charge < -0.3 is 3.07 Å². The minimum Gasteiger partial charge on any atom is -0.306 e. The molecule has 1 aromatic heterocycles. The lowest BCUT2D eigenvalue weighted by atomic mass is 10.2. The zero-order valence-corrected chi connectivity index (χ0v) is 7.78. The van der Waals surface area contributed by atoms with Crippen LogP contribution < -0.4 is 0 Å². The van der Waals surface area contributed by atoms with E-state index in [1.807, 2.05) is 48.1 Å². The summed E-state index contributed by atoms with van der Waals surface area (Å²) in [6.45, 7) is 1.97. The molecule has 1 heterocycles. The first kappa shape index (κ1) is 7.94. The molecule has 0 amide bonds. The van der Waals surface area contributed by atoms with E-state index in [9.17, 15) is 0 Å². The molecule has 10 heavy (non-hydrogen) atoms. The number of nitrogens with zero attached hydrogens (tertiary/aromatic N) is 1. The molecule has 2 nitrogen and oxygen atoms in total. The maximum absolute atomic E-state index is 5.04. The van der Waals surface area contributed by atoms with Gasteiger partial charge >= 0.3 is 0 Å². The van der Waals surface area contributed by atoms with Crippen molar-refractivity contribution in [2.24, 2.45) is 0 Å². The molecule has 0 aliphatic heterocycles. The third kappa shape index (κ3) is 1.91. The predicted molar refractivity (Wildman–Crippen MR) is 47.8 cm³/mol. The molecule has 0 saturated heterocycles. The Bertz CT molecular complexity index is 190. The van der Waals surface area contributed by atoms with Crippen molar-refractivity contribution in [3.8, 4) is 0 Å². The largest absolute Gasteiger partial charge is 0.306 e. The Morgan fingerprint density at radius 1 is 1.60 bits per heavy atom. The molecule has 1 aromatic rings. The minimum absolute atomic E-state index is 0.0850. The molecular formula is C7H8INO. The second kappa shape index (κ2) is 3.88. The first-order valence-electron chi connectivity index (χ1n) is 3.03. The first-order chi connectivity index (χ1) is 4.84. The van der Waals surface area contributed by atoms with Gasteiger partial charge in [0.05, 0.1) is 5.69 Å². The van der Waals surface area contributed by atoms with Gasteiger partial charge in [0.2, 0.25) is 0 Å². The van der Waals surface area contributed by atoms with E-state index in [1.54, 1.807) is 6.20 Å². The molecule has 0 N–H and O–H groups in total. The lowest BCUT2D eigenvalue weighted by Gasteiger charge is -2.04. The Kier molecular flexibility index (Phi) is 3.08. The zero-order valence-electron chi connectivity index (χ0n) is 5.62. The van der Waals surface area contributed by atoms with Crippen LogP contribution in [-0.2, 0) is 3.07 Å². The van der Waals surface area contributed by atoms with Crippen molar-refractivity contribution in [2.75, 3.05) is 0 Å². The van der Waals surface area contributed by atoms with Crippen molar-refractivity contribution in [1.29, 1.82) is 0 Å². The van der Waals surface area contributed by atoms with Crippen molar-refractivity contribution in [3.05, 3.63) is 30.1 Å². The summed E-state index contributed by atoms with van der Waals surface area (Å²) in [5.74, 6) is 0. The second-order valence-electron chi connectivity index (χ2n) is 1.99. The zero-order chi connectivity index (χ0) is 7.40. The fraction of sp³-hybridized carbons (Fsp3) is 0.286. The van der Waals surface area contributed by atoms with Gasteiger partial charge in [-0.15, -0.1) is 0 Å². The SMILES string of the molecule is CC(OI)c1ccccn1. The van der Waals surface area contributed by atoms with E-state index < -0.39 is 0 Å². The van der Waals surface area contributed by atoms with E-state index in [2.05, 4.69) is 4.98 Å². The van der Waals surface area contributed by atoms with E-state index in [4.69, 9.17) is 3.07 Å². The van der Waals surface area contributed by atoms with E-state index in [0.717, 1.165) is 5.69 Å². The van der Waals surface area contributed by atoms with Crippen LogP contribution in [-0.4, -0.2) is 4.98 Å². The van der Waals surface area contributed by atoms with Gasteiger partial charge in [0.1, 0.15) is 29.1 Å². The number of pyridine rings is 1. The highest BCUT2D eigenvalue weighted by Crippen LogP contribution is 2.15. The molecule has 0 fully saturated rings. The third-order valence-corrected chi connectivity index (χ3v) is 2.00. The smallest absolute Gasteiger partial charge is 0.110 e. The summed E-state index contributed by atoms with van der Waals surface area (Å²) >= 11 is 1.88. The van der Waals surface area contributed by atoms with E-state index in [1.165, 1.54) is 0 Å². The van der Waals surface area contributed by atoms with Crippen LogP contribution in [0, 0.1) is 0 Å². The molecule has 0 aromatic carbocycles. The van der Waals surface area contributed by atoms with Crippen LogP contribution in [0.15, 0.2) is 24.4 Å². The fourth-order valence-electron chi connectivity index (χ4n) is 0.662. The predicted octanol–water partition coefficient (Wildman–Crippen LogP) is 2.51. The summed E-state index contributed by atoms with van der Waals surface area (Å²) in [7, 11) is 0. The summed E-state index contributed by atoms with van der Waals surface area (Å²) < 4.78 is 5.04. The molecule has 0 radical (unpaired) electrons. The first-order valence-corrected chi connectivity index (χ1v) is 3.91. The Morgan fingerprint density at radius 3 is 2.90 bits per heavy atom. The number of hydrogen-bond acceptors (Lipinski definition) is 2. The summed E-state index contributed by atoms with van der Waals surface area (Å²) in [5, 5.41) is 0. The van der Waals surface area contributed by atoms with Gasteiger partial charge in [0, 0.05) is 6.20 Å². The fourth-order valence-corrected chi connectivity index (χ4v) is 0.923. The lowest BCUT2D eigenvalue weighted by Crippen LogP contribution is -1.94. The highest BCUT2D eigenvalue weighted by molar-refractivity contribution is 14.1. The Hall–Kier alpha value is -0.160. The van der Waals surface area contributed by atoms with Crippen LogP contribution in [0.5, 0.6) is 0 Å². The minimum atomic E-state index is 0.0850. The Morgan fingerprint density at radius 2 is 2.40 bits per heavy atom. The van der Waals surface area contributed by atoms with Gasteiger partial charge in [-0.2, -0.15) is 0 Å². The molecule has 0 aliphatic carbocycles. The molecule has 1 unspecified atom stereocenters. The van der Waals surface area contributed by atoms with Gasteiger partial charge in [-0.25, -0.2) is 0 Å². The van der Waals surface area contributed by atoms with E-state index in [-0.39, 0.29) is 6.10 Å². The van der Waals surface area contributed by atoms with Gasteiger partial charge in [0.15, 0.2) is 0 Å². The monoisotopic (exact) mass is 249 g/mol. The quantitative estimate of drug-likeness (QED) is 0.751. The summed E-state index contributed by atoms with van der Waals surface area (Å²) in [5.41, 5.74) is 0.969. The molecule has 1 rings (SSSR count). The van der Waals surface area contributed by atoms with Crippen molar-refractivity contribution < 1.29 is 3.07 Å². The van der Waals surface area contributed by atoms with Gasteiger partial charge in [-0.3, -0.25) is 4.98 Å². The summed E-state index contributed by atoms with van der Waals surface area (Å²) in [4.78, 5) is 4.12. The maximum Gasteiger partial charge on any atom is 0.110 e. The molecule has 0 saturated carbocycles. The molecule has 0 bridgehead atoms. The molecule has 1 atom stereocenters. The van der Waals surface area contributed by atoms with E-state index >= 15 is 0 Å². The Balaban J connectivity index is 2.75. The average Bonchev–Trinajstić information content (AvgIpc) is 2.05. The lowest BCUT2D eigenvalue weighted by molar-refractivity contribution is 0.311. The van der Waals surface area contributed by atoms with Crippen LogP contribution >= 0.6 is 23.0 Å². The van der Waals surface area contributed by atoms with Gasteiger partial charge in [-0.05, 0) is 19.1 Å². The summed E-state index contributed by atoms with van der Waals surface area (Å²) in [6.07, 6.45) is 1.85. The number of aromatic nitrogens is 1. The van der Waals surface area contributed by atoms with Gasteiger partial charge in [-0.1, -0.05) is 6.07 Å². The van der Waals surface area contributed by atoms with Crippen molar-refractivity contribution >= 4 is 23.0 Å². The summed E-state index contributed by atoms with van der Waals surface area (Å²) in [6, 6.07) is 5.79. The number of rotatable bonds is 2. The van der Waals surface area contributed by atoms with Crippen molar-refractivity contribution in [2.45, 2.75) is 13.0 Å². The van der Waals surface area contributed by atoms with Crippen LogP contribution in [0.4, 0.5) is 0 Å². The normalized spacial score (nSPS) is 13.0. The van der Waals surface area contributed by atoms with Crippen molar-refractivity contribution in [1.82, 2.24) is 4.98 Å². The maximum atomic E-state index is 5.04. The second-order valence-corrected chi connectivity index (χ2v) is 2.49. The van der Waals surface area contributed by atoms with Crippen LogP contribution in [0.2, 0.25) is 0 Å². The van der Waals surface area contributed by atoms with E-state index in [0.29, 0.717) is 0 Å². The number of halogens is 1. The molecule has 54 valence electrons. The number of hydrogen-bond donors (Lipinski definition) is 0. The highest BCUT2D eigenvalue weighted by Gasteiger charge is 2.02. The van der Waals surface area contributed by atoms with Crippen LogP contribution in [0.3, 0.4) is 0 Å². The molecular weight excluding hydrogens is 241 g/mol. The van der Waals surface area contributed by atoms with Crippen molar-refractivity contribution in [3.63, 3.8) is 0 Å². The average molecular weight is 249 g/mol. The molecule has 0 spiro atoms. The molecule has 0 aliphatic rings. The highest BCUT2D eigenvalue weighted by atomic mass is 127. The van der Waals surface area contributed by atoms with Crippen LogP contribution in [0.25, 0.3) is 0 Å². The topological polar surface area (TPSA) is 22.1 Å². The Labute approximate surface area is 74.3 Å². The third-order valence-electron chi connectivity index (χ3n) is 1.24. The van der Waals surface area contributed by atoms with Crippen LogP contribution in [0.1, 0.15) is 18.7 Å². The standard InChI is InChI=1S/C7H8INO/c1-6(10-8)7-4-2-3-5-9-7/h2-6H,1H3.